The lowest BCUT2D eigenvalue weighted by atomic mass is 9.94. The lowest BCUT2D eigenvalue weighted by Gasteiger charge is -2.33. The average Bonchev–Trinajstić information content (AvgIpc) is 3.10. The molecule has 1 aliphatic rings. The minimum Gasteiger partial charge on any atom is -0.480 e. The number of piperidine rings is 1. The molecule has 1 saturated heterocycles. The van der Waals surface area contributed by atoms with Gasteiger partial charge >= 0.3 is 5.97 Å². The van der Waals surface area contributed by atoms with Crippen LogP contribution in [-0.2, 0) is 20.8 Å². The van der Waals surface area contributed by atoms with Crippen molar-refractivity contribution in [2.45, 2.75) is 38.3 Å². The maximum absolute atomic E-state index is 12.7. The molecule has 8 nitrogen and oxygen atoms in total. The van der Waals surface area contributed by atoms with E-state index in [0.29, 0.717) is 32.4 Å². The summed E-state index contributed by atoms with van der Waals surface area (Å²) in [6, 6.07) is 6.32. The van der Waals surface area contributed by atoms with Gasteiger partial charge in [-0.2, -0.15) is 0 Å². The molecule has 2 aromatic rings. The first-order valence-corrected chi connectivity index (χ1v) is 9.49. The molecule has 2 atom stereocenters. The van der Waals surface area contributed by atoms with Crippen LogP contribution in [0, 0.1) is 5.92 Å². The Bertz CT molecular complexity index is 870. The smallest absolute Gasteiger partial charge is 0.325 e. The van der Waals surface area contributed by atoms with Crippen molar-refractivity contribution in [3.63, 3.8) is 0 Å². The van der Waals surface area contributed by atoms with Gasteiger partial charge in [0.1, 0.15) is 6.04 Å². The second-order valence-corrected chi connectivity index (χ2v) is 7.34. The molecule has 28 heavy (non-hydrogen) atoms. The molecule has 0 bridgehead atoms. The topological polar surface area (TPSA) is 129 Å². The van der Waals surface area contributed by atoms with Crippen molar-refractivity contribution < 1.29 is 19.5 Å². The van der Waals surface area contributed by atoms with Gasteiger partial charge in [0.05, 0.1) is 6.04 Å². The summed E-state index contributed by atoms with van der Waals surface area (Å²) in [7, 11) is 0. The fraction of sp³-hybridized carbons (Fsp3) is 0.450. The quantitative estimate of drug-likeness (QED) is 0.585. The largest absolute Gasteiger partial charge is 0.480 e. The summed E-state index contributed by atoms with van der Waals surface area (Å²) in [5, 5.41) is 12.4. The second-order valence-electron chi connectivity index (χ2n) is 7.34. The third-order valence-corrected chi connectivity index (χ3v) is 5.34. The molecule has 5 N–H and O–H groups in total. The van der Waals surface area contributed by atoms with E-state index in [1.165, 1.54) is 6.92 Å². The molecule has 1 aliphatic heterocycles. The van der Waals surface area contributed by atoms with Crippen LogP contribution in [0.3, 0.4) is 0 Å². The van der Waals surface area contributed by atoms with Gasteiger partial charge in [0.15, 0.2) is 0 Å². The SMILES string of the molecule is CC(NC(=O)C1CCN(C(=O)C(N)Cc2c[nH]c3ccccc23)CC1)C(=O)O. The molecule has 150 valence electrons. The van der Waals surface area contributed by atoms with E-state index in [1.807, 2.05) is 30.5 Å². The van der Waals surface area contributed by atoms with E-state index in [-0.39, 0.29) is 17.7 Å². The molecule has 1 aromatic carbocycles. The van der Waals surface area contributed by atoms with E-state index in [4.69, 9.17) is 10.8 Å². The van der Waals surface area contributed by atoms with Crippen molar-refractivity contribution >= 4 is 28.7 Å². The Hall–Kier alpha value is -2.87. The number of nitrogens with zero attached hydrogens (tertiary/aromatic N) is 1. The lowest BCUT2D eigenvalue weighted by molar-refractivity contribution is -0.142. The third-order valence-electron chi connectivity index (χ3n) is 5.34. The predicted octanol–water partition coefficient (Wildman–Crippen LogP) is 0.866. The fourth-order valence-electron chi connectivity index (χ4n) is 3.61. The Morgan fingerprint density at radius 3 is 2.64 bits per heavy atom. The number of aromatic nitrogens is 1. The number of para-hydroxylation sites is 1. The van der Waals surface area contributed by atoms with Gasteiger partial charge in [-0.15, -0.1) is 0 Å². The summed E-state index contributed by atoms with van der Waals surface area (Å²) in [4.78, 5) is 40.6. The number of amides is 2. The maximum Gasteiger partial charge on any atom is 0.325 e. The van der Waals surface area contributed by atoms with Gasteiger partial charge in [0, 0.05) is 36.1 Å². The Morgan fingerprint density at radius 1 is 1.29 bits per heavy atom. The summed E-state index contributed by atoms with van der Waals surface area (Å²) in [6.07, 6.45) is 3.34. The molecule has 8 heteroatoms. The number of carbonyl (C=O) groups is 3. The molecule has 0 radical (unpaired) electrons. The highest BCUT2D eigenvalue weighted by molar-refractivity contribution is 5.87. The lowest BCUT2D eigenvalue weighted by Crippen LogP contribution is -2.50. The highest BCUT2D eigenvalue weighted by Gasteiger charge is 2.30. The number of aromatic amines is 1. The van der Waals surface area contributed by atoms with Gasteiger partial charge in [-0.05, 0) is 37.8 Å². The van der Waals surface area contributed by atoms with E-state index in [1.54, 1.807) is 4.90 Å². The Kier molecular flexibility index (Phi) is 5.99. The first-order valence-electron chi connectivity index (χ1n) is 9.49. The molecule has 1 fully saturated rings. The second kappa shape index (κ2) is 8.43. The van der Waals surface area contributed by atoms with Crippen molar-refractivity contribution in [3.05, 3.63) is 36.0 Å². The van der Waals surface area contributed by atoms with Crippen LogP contribution in [0.1, 0.15) is 25.3 Å². The predicted molar refractivity (Wildman–Crippen MR) is 105 cm³/mol. The number of carboxylic acids is 1. The van der Waals surface area contributed by atoms with Gasteiger partial charge in [-0.3, -0.25) is 14.4 Å². The number of rotatable bonds is 6. The van der Waals surface area contributed by atoms with Crippen LogP contribution < -0.4 is 11.1 Å². The third kappa shape index (κ3) is 4.33. The van der Waals surface area contributed by atoms with Crippen molar-refractivity contribution in [1.82, 2.24) is 15.2 Å². The number of benzene rings is 1. The van der Waals surface area contributed by atoms with Gasteiger partial charge in [0.2, 0.25) is 11.8 Å². The number of hydrogen-bond donors (Lipinski definition) is 4. The summed E-state index contributed by atoms with van der Waals surface area (Å²) in [5.41, 5.74) is 8.20. The Labute approximate surface area is 163 Å². The van der Waals surface area contributed by atoms with Crippen molar-refractivity contribution in [1.29, 1.82) is 0 Å². The van der Waals surface area contributed by atoms with Crippen LogP contribution >= 0.6 is 0 Å². The molecule has 0 spiro atoms. The number of carboxylic acid groups (broad SMARTS) is 1. The highest BCUT2D eigenvalue weighted by Crippen LogP contribution is 2.21. The number of fused-ring (bicyclic) bond motifs is 1. The van der Waals surface area contributed by atoms with Gasteiger partial charge in [-0.1, -0.05) is 18.2 Å². The Morgan fingerprint density at radius 2 is 1.96 bits per heavy atom. The molecule has 2 amide bonds. The first kappa shape index (κ1) is 19.9. The van der Waals surface area contributed by atoms with E-state index >= 15 is 0 Å². The van der Waals surface area contributed by atoms with Gasteiger partial charge in [-0.25, -0.2) is 0 Å². The average molecular weight is 386 g/mol. The number of likely N-dealkylation sites (tertiary alicyclic amines) is 1. The van der Waals surface area contributed by atoms with Gasteiger partial charge in [0.25, 0.3) is 0 Å². The number of hydrogen-bond acceptors (Lipinski definition) is 4. The van der Waals surface area contributed by atoms with E-state index in [0.717, 1.165) is 16.5 Å². The molecular weight excluding hydrogens is 360 g/mol. The molecule has 2 unspecified atom stereocenters. The van der Waals surface area contributed by atoms with Gasteiger partial charge < -0.3 is 26.0 Å². The minimum atomic E-state index is -1.07. The van der Waals surface area contributed by atoms with Crippen LogP contribution in [0.25, 0.3) is 10.9 Å². The maximum atomic E-state index is 12.7. The van der Waals surface area contributed by atoms with Crippen molar-refractivity contribution in [2.75, 3.05) is 13.1 Å². The number of aliphatic carboxylic acids is 1. The molecule has 0 saturated carbocycles. The minimum absolute atomic E-state index is 0.122. The van der Waals surface area contributed by atoms with Crippen molar-refractivity contribution in [2.24, 2.45) is 11.7 Å². The normalized spacial score (nSPS) is 17.3. The summed E-state index contributed by atoms with van der Waals surface area (Å²) in [6.45, 7) is 2.32. The van der Waals surface area contributed by atoms with Crippen LogP contribution in [-0.4, -0.2) is 57.9 Å². The number of nitrogens with one attached hydrogen (secondary N) is 2. The molecule has 0 aliphatic carbocycles. The fourth-order valence-corrected chi connectivity index (χ4v) is 3.61. The monoisotopic (exact) mass is 386 g/mol. The van der Waals surface area contributed by atoms with Crippen LogP contribution in [0.2, 0.25) is 0 Å². The van der Waals surface area contributed by atoms with E-state index in [2.05, 4.69) is 10.3 Å². The van der Waals surface area contributed by atoms with E-state index < -0.39 is 18.1 Å². The summed E-state index contributed by atoms with van der Waals surface area (Å²) >= 11 is 0. The van der Waals surface area contributed by atoms with Crippen LogP contribution in [0.4, 0.5) is 0 Å². The standard InChI is InChI=1S/C20H26N4O4/c1-12(20(27)28)23-18(25)13-6-8-24(9-7-13)19(26)16(21)10-14-11-22-17-5-3-2-4-15(14)17/h2-5,11-13,16,22H,6-10,21H2,1H3,(H,23,25)(H,27,28). The zero-order valence-electron chi connectivity index (χ0n) is 15.9. The first-order chi connectivity index (χ1) is 13.4. The molecule has 2 heterocycles. The molecule has 3 rings (SSSR count). The van der Waals surface area contributed by atoms with Crippen molar-refractivity contribution in [3.8, 4) is 0 Å². The highest BCUT2D eigenvalue weighted by atomic mass is 16.4. The summed E-state index contributed by atoms with van der Waals surface area (Å²) < 4.78 is 0. The number of carbonyl (C=O) groups excluding carboxylic acids is 2. The summed E-state index contributed by atoms with van der Waals surface area (Å²) in [5.74, 6) is -1.74. The molecule has 1 aromatic heterocycles. The molecular formula is C20H26N4O4. The number of H-pyrrole nitrogens is 1. The Balaban J connectivity index is 1.53. The van der Waals surface area contributed by atoms with Crippen LogP contribution in [0.15, 0.2) is 30.5 Å². The van der Waals surface area contributed by atoms with E-state index in [9.17, 15) is 14.4 Å². The number of nitrogens with two attached hydrogens (primary N) is 1. The zero-order chi connectivity index (χ0) is 20.3. The zero-order valence-corrected chi connectivity index (χ0v) is 15.9. The van der Waals surface area contributed by atoms with Crippen LogP contribution in [0.5, 0.6) is 0 Å².